The van der Waals surface area contributed by atoms with Crippen LogP contribution in [0.25, 0.3) is 0 Å². The van der Waals surface area contributed by atoms with Crippen molar-refractivity contribution in [2.75, 3.05) is 0 Å². The fourth-order valence-corrected chi connectivity index (χ4v) is 4.06. The minimum absolute atomic E-state index is 0.0120. The van der Waals surface area contributed by atoms with Gasteiger partial charge in [0.25, 0.3) is 0 Å². The summed E-state index contributed by atoms with van der Waals surface area (Å²) in [4.78, 5) is 12.5. The second kappa shape index (κ2) is 14.8. The number of hydrogen-bond donors (Lipinski definition) is 1. The molecule has 0 radical (unpaired) electrons. The number of benzene rings is 2. The van der Waals surface area contributed by atoms with Crippen LogP contribution in [0.5, 0.6) is 5.75 Å². The number of carbonyl (C=O) groups is 1. The van der Waals surface area contributed by atoms with Crippen LogP contribution in [0.2, 0.25) is 0 Å². The first-order valence-electron chi connectivity index (χ1n) is 12.2. The largest absolute Gasteiger partial charge is 0.507 e. The molecule has 2 aromatic carbocycles. The van der Waals surface area contributed by atoms with Gasteiger partial charge in [-0.2, -0.15) is 0 Å². The molecule has 2 rings (SSSR count). The Balaban J connectivity index is 1.60. The van der Waals surface area contributed by atoms with Crippen LogP contribution in [0.4, 0.5) is 4.39 Å². The molecule has 0 fully saturated rings. The number of halogens is 1. The first-order chi connectivity index (χ1) is 15.1. The van der Waals surface area contributed by atoms with Gasteiger partial charge >= 0.3 is 0 Å². The lowest BCUT2D eigenvalue weighted by Gasteiger charge is -2.08. The Morgan fingerprint density at radius 2 is 1.29 bits per heavy atom. The Morgan fingerprint density at radius 3 is 1.84 bits per heavy atom. The molecule has 3 heteroatoms. The molecule has 170 valence electrons. The van der Waals surface area contributed by atoms with E-state index in [4.69, 9.17) is 0 Å². The summed E-state index contributed by atoms with van der Waals surface area (Å²) in [5.74, 6) is -1.12. The zero-order chi connectivity index (χ0) is 22.3. The molecule has 0 saturated carbocycles. The molecule has 2 nitrogen and oxygen atoms in total. The SMILES string of the molecule is CCCCCCCCCCCCCCCc1ccc(C(=O)c2ccccc2F)c(O)c1. The summed E-state index contributed by atoms with van der Waals surface area (Å²) < 4.78 is 13.8. The molecule has 0 saturated heterocycles. The van der Waals surface area contributed by atoms with Gasteiger partial charge in [-0.1, -0.05) is 102 Å². The van der Waals surface area contributed by atoms with Gasteiger partial charge in [-0.15, -0.1) is 0 Å². The molecule has 0 aliphatic rings. The van der Waals surface area contributed by atoms with Gasteiger partial charge < -0.3 is 5.11 Å². The van der Waals surface area contributed by atoms with Gasteiger partial charge in [-0.05, 0) is 42.7 Å². The van der Waals surface area contributed by atoms with E-state index in [0.29, 0.717) is 0 Å². The normalized spacial score (nSPS) is 11.0. The van der Waals surface area contributed by atoms with E-state index >= 15 is 0 Å². The van der Waals surface area contributed by atoms with Crippen LogP contribution in [0.3, 0.4) is 0 Å². The monoisotopic (exact) mass is 426 g/mol. The predicted octanol–water partition coefficient (Wildman–Crippen LogP) is 8.40. The van der Waals surface area contributed by atoms with Gasteiger partial charge in [0.15, 0.2) is 5.78 Å². The van der Waals surface area contributed by atoms with E-state index in [9.17, 15) is 14.3 Å². The standard InChI is InChI=1S/C28H39FO2/c1-2-3-4-5-6-7-8-9-10-11-12-13-14-17-23-20-21-25(27(30)22-23)28(31)24-18-15-16-19-26(24)29/h15-16,18-22,30H,2-14,17H2,1H3. The third kappa shape index (κ3) is 9.25. The van der Waals surface area contributed by atoms with Crippen molar-refractivity contribution in [3.63, 3.8) is 0 Å². The van der Waals surface area contributed by atoms with Gasteiger partial charge in [0, 0.05) is 0 Å². The zero-order valence-electron chi connectivity index (χ0n) is 19.2. The van der Waals surface area contributed by atoms with E-state index in [-0.39, 0.29) is 16.9 Å². The van der Waals surface area contributed by atoms with E-state index in [1.165, 1.54) is 89.2 Å². The fraction of sp³-hybridized carbons (Fsp3) is 0.536. The average Bonchev–Trinajstić information content (AvgIpc) is 2.77. The van der Waals surface area contributed by atoms with Gasteiger partial charge in [-0.25, -0.2) is 4.39 Å². The van der Waals surface area contributed by atoms with E-state index in [2.05, 4.69) is 6.92 Å². The van der Waals surface area contributed by atoms with Gasteiger partial charge in [0.2, 0.25) is 0 Å². The maximum Gasteiger partial charge on any atom is 0.199 e. The fourth-order valence-electron chi connectivity index (χ4n) is 4.06. The van der Waals surface area contributed by atoms with Crippen molar-refractivity contribution in [3.05, 3.63) is 65.0 Å². The summed E-state index contributed by atoms with van der Waals surface area (Å²) in [6.07, 6.45) is 18.1. The first-order valence-corrected chi connectivity index (χ1v) is 12.2. The van der Waals surface area contributed by atoms with Crippen LogP contribution in [0, 0.1) is 5.82 Å². The molecule has 0 atom stereocenters. The van der Waals surface area contributed by atoms with Crippen molar-refractivity contribution < 1.29 is 14.3 Å². The molecular formula is C28H39FO2. The summed E-state index contributed by atoms with van der Waals surface area (Å²) >= 11 is 0. The number of aromatic hydroxyl groups is 1. The number of carbonyl (C=O) groups excluding carboxylic acids is 1. The molecule has 0 bridgehead atoms. The number of ketones is 1. The molecule has 0 spiro atoms. The van der Waals surface area contributed by atoms with Crippen LogP contribution < -0.4 is 0 Å². The molecular weight excluding hydrogens is 387 g/mol. The highest BCUT2D eigenvalue weighted by Gasteiger charge is 2.17. The predicted molar refractivity (Wildman–Crippen MR) is 127 cm³/mol. The summed E-state index contributed by atoms with van der Waals surface area (Å²) in [5.41, 5.74) is 1.16. The minimum Gasteiger partial charge on any atom is -0.507 e. The van der Waals surface area contributed by atoms with E-state index in [1.54, 1.807) is 24.3 Å². The zero-order valence-corrected chi connectivity index (χ0v) is 19.2. The van der Waals surface area contributed by atoms with Crippen LogP contribution in [0.15, 0.2) is 42.5 Å². The van der Waals surface area contributed by atoms with Crippen LogP contribution >= 0.6 is 0 Å². The van der Waals surface area contributed by atoms with E-state index in [1.807, 2.05) is 6.07 Å². The van der Waals surface area contributed by atoms with Crippen molar-refractivity contribution in [2.24, 2.45) is 0 Å². The Kier molecular flexibility index (Phi) is 12.0. The average molecular weight is 427 g/mol. The number of unbranched alkanes of at least 4 members (excludes halogenated alkanes) is 12. The number of phenols is 1. The van der Waals surface area contributed by atoms with Crippen LogP contribution in [-0.4, -0.2) is 10.9 Å². The molecule has 0 aliphatic carbocycles. The number of hydrogen-bond acceptors (Lipinski definition) is 2. The molecule has 1 N–H and O–H groups in total. The molecule has 0 amide bonds. The quantitative estimate of drug-likeness (QED) is 0.216. The number of aryl methyl sites for hydroxylation is 1. The molecule has 0 heterocycles. The highest BCUT2D eigenvalue weighted by Crippen LogP contribution is 2.24. The summed E-state index contributed by atoms with van der Waals surface area (Å²) in [7, 11) is 0. The maximum atomic E-state index is 13.8. The topological polar surface area (TPSA) is 37.3 Å². The van der Waals surface area contributed by atoms with Gasteiger partial charge in [-0.3, -0.25) is 4.79 Å². The molecule has 0 aliphatic heterocycles. The number of phenolic OH excluding ortho intramolecular Hbond substituents is 1. The molecule has 2 aromatic rings. The Hall–Kier alpha value is -2.16. The second-order valence-electron chi connectivity index (χ2n) is 8.65. The van der Waals surface area contributed by atoms with Crippen molar-refractivity contribution in [1.29, 1.82) is 0 Å². The van der Waals surface area contributed by atoms with E-state index in [0.717, 1.165) is 18.4 Å². The minimum atomic E-state index is -0.567. The summed E-state index contributed by atoms with van der Waals surface area (Å²) in [6, 6.07) is 11.0. The van der Waals surface area contributed by atoms with Crippen molar-refractivity contribution in [1.82, 2.24) is 0 Å². The Morgan fingerprint density at radius 1 is 0.742 bits per heavy atom. The summed E-state index contributed by atoms with van der Waals surface area (Å²) in [5, 5.41) is 10.3. The van der Waals surface area contributed by atoms with Crippen molar-refractivity contribution >= 4 is 5.78 Å². The Bertz CT molecular complexity index is 784. The van der Waals surface area contributed by atoms with Crippen LogP contribution in [0.1, 0.15) is 112 Å². The molecule has 0 unspecified atom stereocenters. The number of rotatable bonds is 16. The summed E-state index contributed by atoms with van der Waals surface area (Å²) in [6.45, 7) is 2.26. The maximum absolute atomic E-state index is 13.8. The Labute approximate surface area is 187 Å². The van der Waals surface area contributed by atoms with Gasteiger partial charge in [0.05, 0.1) is 11.1 Å². The smallest absolute Gasteiger partial charge is 0.199 e. The second-order valence-corrected chi connectivity index (χ2v) is 8.65. The first kappa shape index (κ1) is 25.1. The molecule has 0 aromatic heterocycles. The van der Waals surface area contributed by atoms with Crippen molar-refractivity contribution in [2.45, 2.75) is 96.8 Å². The van der Waals surface area contributed by atoms with E-state index < -0.39 is 11.6 Å². The van der Waals surface area contributed by atoms with Gasteiger partial charge in [0.1, 0.15) is 11.6 Å². The molecule has 31 heavy (non-hydrogen) atoms. The highest BCUT2D eigenvalue weighted by atomic mass is 19.1. The van der Waals surface area contributed by atoms with Crippen molar-refractivity contribution in [3.8, 4) is 5.75 Å². The third-order valence-electron chi connectivity index (χ3n) is 5.99. The van der Waals surface area contributed by atoms with Crippen LogP contribution in [-0.2, 0) is 6.42 Å². The lowest BCUT2D eigenvalue weighted by atomic mass is 9.98. The highest BCUT2D eigenvalue weighted by molar-refractivity contribution is 6.10. The third-order valence-corrected chi connectivity index (χ3v) is 5.99. The lowest BCUT2D eigenvalue weighted by molar-refractivity contribution is 0.103. The lowest BCUT2D eigenvalue weighted by Crippen LogP contribution is -2.04.